The highest BCUT2D eigenvalue weighted by atomic mass is 35.5. The maximum atomic E-state index is 12.9. The number of carbonyl (C=O) groups is 2. The Balaban J connectivity index is 1.90. The molecular weight excluding hydrogens is 415 g/mol. The lowest BCUT2D eigenvalue weighted by atomic mass is 10.2. The number of rotatable bonds is 7. The molecule has 2 aromatic rings. The van der Waals surface area contributed by atoms with Crippen molar-refractivity contribution in [3.05, 3.63) is 51.2 Å². The van der Waals surface area contributed by atoms with Crippen molar-refractivity contribution in [3.8, 4) is 0 Å². The highest BCUT2D eigenvalue weighted by molar-refractivity contribution is 7.09. The lowest BCUT2D eigenvalue weighted by molar-refractivity contribution is -0.137. The van der Waals surface area contributed by atoms with Crippen LogP contribution in [0.5, 0.6) is 0 Å². The Labute approximate surface area is 169 Å². The van der Waals surface area contributed by atoms with Crippen LogP contribution in [-0.2, 0) is 22.3 Å². The van der Waals surface area contributed by atoms with Gasteiger partial charge in [0.1, 0.15) is 0 Å². The second-order valence-corrected chi connectivity index (χ2v) is 7.57. The molecule has 2 N–H and O–H groups in total. The van der Waals surface area contributed by atoms with Crippen LogP contribution in [0.3, 0.4) is 0 Å². The van der Waals surface area contributed by atoms with Crippen molar-refractivity contribution in [2.24, 2.45) is 0 Å². The number of thiophene rings is 1. The second-order valence-electron chi connectivity index (χ2n) is 6.13. The Morgan fingerprint density at radius 3 is 2.61 bits per heavy atom. The Morgan fingerprint density at radius 2 is 2.00 bits per heavy atom. The van der Waals surface area contributed by atoms with Gasteiger partial charge in [0.05, 0.1) is 29.7 Å². The minimum atomic E-state index is -4.62. The number of nitrogens with one attached hydrogen (secondary N) is 2. The van der Waals surface area contributed by atoms with Crippen molar-refractivity contribution >= 4 is 40.4 Å². The van der Waals surface area contributed by atoms with Crippen LogP contribution in [0.25, 0.3) is 0 Å². The molecule has 0 aliphatic carbocycles. The number of benzene rings is 1. The molecular formula is C18H19ClF3N3O2S. The molecule has 1 aromatic heterocycles. The maximum Gasteiger partial charge on any atom is 0.417 e. The van der Waals surface area contributed by atoms with Crippen molar-refractivity contribution in [2.75, 3.05) is 18.9 Å². The van der Waals surface area contributed by atoms with E-state index in [2.05, 4.69) is 10.6 Å². The van der Waals surface area contributed by atoms with Gasteiger partial charge in [0.15, 0.2) is 0 Å². The van der Waals surface area contributed by atoms with Gasteiger partial charge in [0.25, 0.3) is 0 Å². The van der Waals surface area contributed by atoms with Crippen LogP contribution in [0.2, 0.25) is 5.02 Å². The maximum absolute atomic E-state index is 12.9. The zero-order valence-electron chi connectivity index (χ0n) is 15.1. The van der Waals surface area contributed by atoms with Gasteiger partial charge in [-0.15, -0.1) is 11.3 Å². The number of likely N-dealkylation sites (N-methyl/N-ethyl adjacent to an activating group) is 1. The molecule has 152 valence electrons. The first-order chi connectivity index (χ1) is 13.1. The first-order valence-electron chi connectivity index (χ1n) is 8.25. The third-order valence-electron chi connectivity index (χ3n) is 4.01. The zero-order chi connectivity index (χ0) is 20.9. The van der Waals surface area contributed by atoms with E-state index in [1.807, 2.05) is 17.5 Å². The lowest BCUT2D eigenvalue weighted by Crippen LogP contribution is -2.45. The molecule has 0 spiro atoms. The van der Waals surface area contributed by atoms with Gasteiger partial charge in [-0.05, 0) is 43.6 Å². The Morgan fingerprint density at radius 1 is 1.29 bits per heavy atom. The molecule has 10 heteroatoms. The monoisotopic (exact) mass is 433 g/mol. The highest BCUT2D eigenvalue weighted by Crippen LogP contribution is 2.36. The molecule has 1 aromatic carbocycles. The smallest absolute Gasteiger partial charge is 0.350 e. The molecule has 1 heterocycles. The summed E-state index contributed by atoms with van der Waals surface area (Å²) in [5.41, 5.74) is -1.05. The molecule has 5 nitrogen and oxygen atoms in total. The second kappa shape index (κ2) is 9.40. The number of hydrogen-bond acceptors (Lipinski definition) is 4. The number of nitrogens with zero attached hydrogens (tertiary/aromatic N) is 1. The predicted molar refractivity (Wildman–Crippen MR) is 103 cm³/mol. The van der Waals surface area contributed by atoms with E-state index in [1.54, 1.807) is 14.0 Å². The third-order valence-corrected chi connectivity index (χ3v) is 5.21. The third kappa shape index (κ3) is 6.22. The zero-order valence-corrected chi connectivity index (χ0v) is 16.7. The SMILES string of the molecule is CC(C(=O)NCc1cccs1)N(C)CC(=O)Nc1ccc(Cl)c(C(F)(F)F)c1. The summed E-state index contributed by atoms with van der Waals surface area (Å²) in [6, 6.07) is 6.32. The first kappa shape index (κ1) is 22.2. The summed E-state index contributed by atoms with van der Waals surface area (Å²) >= 11 is 7.08. The molecule has 28 heavy (non-hydrogen) atoms. The molecule has 2 rings (SSSR count). The van der Waals surface area contributed by atoms with Crippen LogP contribution in [-0.4, -0.2) is 36.3 Å². The van der Waals surface area contributed by atoms with Crippen LogP contribution < -0.4 is 10.6 Å². The van der Waals surface area contributed by atoms with E-state index < -0.39 is 28.7 Å². The number of anilines is 1. The van der Waals surface area contributed by atoms with E-state index in [4.69, 9.17) is 11.6 Å². The van der Waals surface area contributed by atoms with Gasteiger partial charge >= 0.3 is 6.18 Å². The summed E-state index contributed by atoms with van der Waals surface area (Å²) in [5.74, 6) is -0.801. The molecule has 0 saturated heterocycles. The van der Waals surface area contributed by atoms with Gasteiger partial charge in [-0.1, -0.05) is 17.7 Å². The molecule has 0 aliphatic rings. The van der Waals surface area contributed by atoms with Crippen LogP contribution in [0.1, 0.15) is 17.4 Å². The fourth-order valence-corrected chi connectivity index (χ4v) is 3.19. The fourth-order valence-electron chi connectivity index (χ4n) is 2.32. The van der Waals surface area contributed by atoms with E-state index in [-0.39, 0.29) is 18.1 Å². The quantitative estimate of drug-likeness (QED) is 0.694. The molecule has 2 amide bonds. The Kier molecular flexibility index (Phi) is 7.45. The minimum absolute atomic E-state index is 0.0232. The fraction of sp³-hybridized carbons (Fsp3) is 0.333. The van der Waals surface area contributed by atoms with Crippen molar-refractivity contribution in [3.63, 3.8) is 0 Å². The normalized spacial score (nSPS) is 12.7. The largest absolute Gasteiger partial charge is 0.417 e. The van der Waals surface area contributed by atoms with Gasteiger partial charge in [0, 0.05) is 10.6 Å². The Bertz CT molecular complexity index is 828. The summed E-state index contributed by atoms with van der Waals surface area (Å²) in [5, 5.41) is 6.63. The van der Waals surface area contributed by atoms with E-state index >= 15 is 0 Å². The van der Waals surface area contributed by atoms with Gasteiger partial charge in [-0.25, -0.2) is 0 Å². The van der Waals surface area contributed by atoms with E-state index in [0.717, 1.165) is 17.0 Å². The van der Waals surface area contributed by atoms with Crippen LogP contribution in [0, 0.1) is 0 Å². The number of alkyl halides is 3. The highest BCUT2D eigenvalue weighted by Gasteiger charge is 2.33. The summed E-state index contributed by atoms with van der Waals surface area (Å²) in [7, 11) is 1.58. The van der Waals surface area contributed by atoms with E-state index in [9.17, 15) is 22.8 Å². The molecule has 1 unspecified atom stereocenters. The van der Waals surface area contributed by atoms with Gasteiger partial charge in [-0.2, -0.15) is 13.2 Å². The molecule has 1 atom stereocenters. The number of hydrogen-bond donors (Lipinski definition) is 2. The van der Waals surface area contributed by atoms with Crippen LogP contribution in [0.15, 0.2) is 35.7 Å². The van der Waals surface area contributed by atoms with E-state index in [0.29, 0.717) is 6.54 Å². The summed E-state index contributed by atoms with van der Waals surface area (Å²) < 4.78 is 38.7. The van der Waals surface area contributed by atoms with E-state index in [1.165, 1.54) is 22.3 Å². The summed E-state index contributed by atoms with van der Waals surface area (Å²) in [6.45, 7) is 1.87. The average molecular weight is 434 g/mol. The first-order valence-corrected chi connectivity index (χ1v) is 9.50. The van der Waals surface area contributed by atoms with Crippen molar-refractivity contribution < 1.29 is 22.8 Å². The lowest BCUT2D eigenvalue weighted by Gasteiger charge is -2.23. The Hall–Kier alpha value is -2.10. The van der Waals surface area contributed by atoms with Crippen molar-refractivity contribution in [1.29, 1.82) is 0 Å². The number of halogens is 4. The van der Waals surface area contributed by atoms with Crippen molar-refractivity contribution in [2.45, 2.75) is 25.7 Å². The standard InChI is InChI=1S/C18H19ClF3N3O2S/c1-11(17(27)23-9-13-4-3-7-28-13)25(2)10-16(26)24-12-5-6-15(19)14(8-12)18(20,21)22/h3-8,11H,9-10H2,1-2H3,(H,23,27)(H,24,26). The molecule has 0 radical (unpaired) electrons. The summed E-state index contributed by atoms with van der Waals surface area (Å²) in [6.07, 6.45) is -4.62. The molecule has 0 aliphatic heterocycles. The summed E-state index contributed by atoms with van der Waals surface area (Å²) in [4.78, 5) is 26.8. The van der Waals surface area contributed by atoms with Gasteiger partial charge in [-0.3, -0.25) is 14.5 Å². The minimum Gasteiger partial charge on any atom is -0.350 e. The molecule has 0 saturated carbocycles. The number of carbonyl (C=O) groups excluding carboxylic acids is 2. The topological polar surface area (TPSA) is 61.4 Å². The average Bonchev–Trinajstić information content (AvgIpc) is 3.13. The van der Waals surface area contributed by atoms with Gasteiger partial charge in [0.2, 0.25) is 11.8 Å². The van der Waals surface area contributed by atoms with Crippen LogP contribution >= 0.6 is 22.9 Å². The molecule has 0 fully saturated rings. The molecule has 0 bridgehead atoms. The number of amides is 2. The van der Waals surface area contributed by atoms with Crippen LogP contribution in [0.4, 0.5) is 18.9 Å². The van der Waals surface area contributed by atoms with Crippen molar-refractivity contribution in [1.82, 2.24) is 10.2 Å². The predicted octanol–water partition coefficient (Wildman–Crippen LogP) is 4.00. The van der Waals surface area contributed by atoms with Gasteiger partial charge < -0.3 is 10.6 Å².